The number of guanidine groups is 1. The normalized spacial score (nSPS) is 17.0. The Morgan fingerprint density at radius 3 is 2.52 bits per heavy atom. The Labute approximate surface area is 189 Å². The van der Waals surface area contributed by atoms with E-state index in [4.69, 9.17) is 9.84 Å². The summed E-state index contributed by atoms with van der Waals surface area (Å²) >= 11 is 0. The van der Waals surface area contributed by atoms with E-state index in [1.54, 1.807) is 0 Å². The lowest BCUT2D eigenvalue weighted by molar-refractivity contribution is -0.138. The number of aliphatic imine (C=N–C) groups is 1. The summed E-state index contributed by atoms with van der Waals surface area (Å²) < 4.78 is 32.4. The molecule has 1 unspecified atom stereocenters. The van der Waals surface area contributed by atoms with Crippen LogP contribution >= 0.6 is 0 Å². The molecule has 1 aromatic carbocycles. The van der Waals surface area contributed by atoms with E-state index in [0.29, 0.717) is 51.0 Å². The highest BCUT2D eigenvalue weighted by Crippen LogP contribution is 2.23. The zero-order valence-corrected chi connectivity index (χ0v) is 18.0. The number of nitrogens with zero attached hydrogens (tertiary/aromatic N) is 2. The fourth-order valence-electron chi connectivity index (χ4n) is 3.73. The average Bonchev–Trinajstić information content (AvgIpc) is 3.29. The van der Waals surface area contributed by atoms with Crippen molar-refractivity contribution in [2.45, 2.75) is 25.3 Å². The van der Waals surface area contributed by atoms with Crippen LogP contribution in [-0.4, -0.2) is 73.3 Å². The van der Waals surface area contributed by atoms with Gasteiger partial charge in [-0.3, -0.25) is 14.6 Å². The molecule has 12 heteroatoms. The van der Waals surface area contributed by atoms with Crippen LogP contribution in [0.3, 0.4) is 0 Å². The third-order valence-electron chi connectivity index (χ3n) is 5.40. The maximum absolute atomic E-state index is 13.6. The van der Waals surface area contributed by atoms with Gasteiger partial charge >= 0.3 is 12.1 Å². The molecule has 10 nitrogen and oxygen atoms in total. The number of hydrogen-bond donors (Lipinski definition) is 4. The molecule has 180 valence electrons. The van der Waals surface area contributed by atoms with Crippen LogP contribution in [0.5, 0.6) is 0 Å². The Hall–Kier alpha value is -3.44. The Morgan fingerprint density at radius 1 is 1.21 bits per heavy atom. The number of rotatable bonds is 8. The number of amides is 2. The Kier molecular flexibility index (Phi) is 8.39. The minimum Gasteiger partial charge on any atom is -0.481 e. The van der Waals surface area contributed by atoms with Crippen LogP contribution < -0.4 is 16.0 Å². The summed E-state index contributed by atoms with van der Waals surface area (Å²) in [7, 11) is 0. The van der Waals surface area contributed by atoms with Gasteiger partial charge in [-0.15, -0.1) is 0 Å². The molecule has 0 aliphatic carbocycles. The number of nitrogens with one attached hydrogen (secondary N) is 3. The van der Waals surface area contributed by atoms with Gasteiger partial charge in [0.2, 0.25) is 5.91 Å². The Bertz CT molecular complexity index is 885. The van der Waals surface area contributed by atoms with Gasteiger partial charge in [-0.1, -0.05) is 0 Å². The number of benzene rings is 1. The summed E-state index contributed by atoms with van der Waals surface area (Å²) in [6, 6.07) is 1.60. The number of halogens is 2. The van der Waals surface area contributed by atoms with Gasteiger partial charge in [0.1, 0.15) is 18.2 Å². The minimum atomic E-state index is -1.21. The van der Waals surface area contributed by atoms with E-state index in [2.05, 4.69) is 20.9 Å². The third-order valence-corrected chi connectivity index (χ3v) is 5.40. The van der Waals surface area contributed by atoms with Crippen molar-refractivity contribution in [1.29, 1.82) is 0 Å². The number of carboxylic acids is 1. The molecule has 33 heavy (non-hydrogen) atoms. The lowest BCUT2D eigenvalue weighted by Gasteiger charge is -2.31. The summed E-state index contributed by atoms with van der Waals surface area (Å²) in [6.45, 7) is 2.68. The average molecular weight is 467 g/mol. The van der Waals surface area contributed by atoms with Gasteiger partial charge in [-0.2, -0.15) is 0 Å². The van der Waals surface area contributed by atoms with E-state index < -0.39 is 48.0 Å². The number of ether oxygens (including phenoxy) is 1. The number of likely N-dealkylation sites (tertiary alicyclic amines) is 1. The summed E-state index contributed by atoms with van der Waals surface area (Å²) in [5, 5.41) is 17.8. The summed E-state index contributed by atoms with van der Waals surface area (Å²) in [6.07, 6.45) is -0.277. The zero-order chi connectivity index (χ0) is 23.8. The molecule has 1 aromatic rings. The van der Waals surface area contributed by atoms with Crippen molar-refractivity contribution in [1.82, 2.24) is 20.9 Å². The highest BCUT2D eigenvalue weighted by molar-refractivity contribution is 5.81. The van der Waals surface area contributed by atoms with Crippen molar-refractivity contribution in [2.24, 2.45) is 10.9 Å². The van der Waals surface area contributed by atoms with Gasteiger partial charge in [-0.25, -0.2) is 13.6 Å². The molecule has 2 amide bonds. The maximum atomic E-state index is 13.6. The fraction of sp³-hybridized carbons (Fsp3) is 0.524. The first kappa shape index (κ1) is 24.2. The standard InChI is InChI=1S/C21H27F2N5O5/c22-15-9-14(10-16(23)11-15)17(12-18(29)30)27-19(31)13-1-6-28(7-2-13)21(32)33-8-5-26-20-24-3-4-25-20/h9-11,13,17H,1-8,12H2,(H,27,31)(H,29,30)(H2,24,25,26). The summed E-state index contributed by atoms with van der Waals surface area (Å²) in [5.41, 5.74) is 0.0386. The van der Waals surface area contributed by atoms with Gasteiger partial charge in [0.05, 0.1) is 25.6 Å². The highest BCUT2D eigenvalue weighted by atomic mass is 19.1. The van der Waals surface area contributed by atoms with Crippen molar-refractivity contribution >= 4 is 23.9 Å². The molecule has 1 saturated heterocycles. The number of carbonyl (C=O) groups is 3. The molecule has 0 saturated carbocycles. The van der Waals surface area contributed by atoms with Crippen molar-refractivity contribution in [3.63, 3.8) is 0 Å². The third kappa shape index (κ3) is 7.29. The van der Waals surface area contributed by atoms with E-state index in [-0.39, 0.29) is 12.2 Å². The number of carbonyl (C=O) groups excluding carboxylic acids is 2. The first-order chi connectivity index (χ1) is 15.8. The molecule has 2 aliphatic heterocycles. The number of aliphatic carboxylic acids is 1. The van der Waals surface area contributed by atoms with Gasteiger partial charge in [0.25, 0.3) is 0 Å². The highest BCUT2D eigenvalue weighted by Gasteiger charge is 2.30. The predicted octanol–water partition coefficient (Wildman–Crippen LogP) is 0.994. The largest absolute Gasteiger partial charge is 0.481 e. The van der Waals surface area contributed by atoms with E-state index in [9.17, 15) is 23.2 Å². The molecule has 1 fully saturated rings. The molecule has 0 spiro atoms. The molecule has 4 N–H and O–H groups in total. The van der Waals surface area contributed by atoms with Gasteiger partial charge in [0, 0.05) is 31.6 Å². The predicted molar refractivity (Wildman–Crippen MR) is 113 cm³/mol. The van der Waals surface area contributed by atoms with Crippen LogP contribution in [0.15, 0.2) is 23.2 Å². The number of piperidine rings is 1. The molecular formula is C21H27F2N5O5. The Morgan fingerprint density at radius 2 is 1.91 bits per heavy atom. The van der Waals surface area contributed by atoms with E-state index in [0.717, 1.165) is 18.7 Å². The zero-order valence-electron chi connectivity index (χ0n) is 18.0. The molecule has 0 bridgehead atoms. The molecule has 2 heterocycles. The van der Waals surface area contributed by atoms with E-state index in [1.807, 2.05) is 0 Å². The molecule has 2 aliphatic rings. The second kappa shape index (κ2) is 11.4. The molecule has 0 aromatic heterocycles. The van der Waals surface area contributed by atoms with E-state index in [1.165, 1.54) is 4.90 Å². The second-order valence-electron chi connectivity index (χ2n) is 7.82. The van der Waals surface area contributed by atoms with Gasteiger partial charge in [-0.05, 0) is 30.5 Å². The lowest BCUT2D eigenvalue weighted by atomic mass is 9.94. The summed E-state index contributed by atoms with van der Waals surface area (Å²) in [5.74, 6) is -3.13. The number of carboxylic acid groups (broad SMARTS) is 1. The van der Waals surface area contributed by atoms with Crippen LogP contribution in [0.25, 0.3) is 0 Å². The lowest BCUT2D eigenvalue weighted by Crippen LogP contribution is -2.44. The van der Waals surface area contributed by atoms with Crippen LogP contribution in [0.1, 0.15) is 30.9 Å². The van der Waals surface area contributed by atoms with Crippen molar-refractivity contribution < 1.29 is 33.0 Å². The van der Waals surface area contributed by atoms with Crippen molar-refractivity contribution in [2.75, 3.05) is 39.3 Å². The monoisotopic (exact) mass is 467 g/mol. The SMILES string of the molecule is O=C(O)CC(NC(=O)C1CCN(C(=O)OCCNC2=NCCN2)CC1)c1cc(F)cc(F)c1. The number of hydrogen-bond acceptors (Lipinski definition) is 7. The second-order valence-corrected chi connectivity index (χ2v) is 7.82. The Balaban J connectivity index is 1.45. The quantitative estimate of drug-likeness (QED) is 0.419. The van der Waals surface area contributed by atoms with Gasteiger partial charge in [0.15, 0.2) is 5.96 Å². The maximum Gasteiger partial charge on any atom is 0.409 e. The molecule has 1 atom stereocenters. The van der Waals surface area contributed by atoms with Crippen molar-refractivity contribution in [3.8, 4) is 0 Å². The molecule has 0 radical (unpaired) electrons. The van der Waals surface area contributed by atoms with Crippen LogP contribution in [0.4, 0.5) is 13.6 Å². The summed E-state index contributed by atoms with van der Waals surface area (Å²) in [4.78, 5) is 41.8. The van der Waals surface area contributed by atoms with Crippen molar-refractivity contribution in [3.05, 3.63) is 35.4 Å². The fourth-order valence-corrected chi connectivity index (χ4v) is 3.73. The van der Waals surface area contributed by atoms with E-state index >= 15 is 0 Å². The van der Waals surface area contributed by atoms with Crippen LogP contribution in [0.2, 0.25) is 0 Å². The minimum absolute atomic E-state index is 0.0386. The van der Waals surface area contributed by atoms with Crippen LogP contribution in [-0.2, 0) is 14.3 Å². The smallest absolute Gasteiger partial charge is 0.409 e. The van der Waals surface area contributed by atoms with Gasteiger partial charge < -0.3 is 30.7 Å². The molecule has 3 rings (SSSR count). The van der Waals surface area contributed by atoms with Crippen LogP contribution in [0, 0.1) is 17.6 Å². The first-order valence-corrected chi connectivity index (χ1v) is 10.7. The first-order valence-electron chi connectivity index (χ1n) is 10.7. The molecular weight excluding hydrogens is 440 g/mol. The topological polar surface area (TPSA) is 132 Å².